The highest BCUT2D eigenvalue weighted by molar-refractivity contribution is 6.30. The highest BCUT2D eigenvalue weighted by Crippen LogP contribution is 2.15. The summed E-state index contributed by atoms with van der Waals surface area (Å²) in [5.74, 6) is -0.254. The number of halogens is 1. The molecule has 0 saturated carbocycles. The predicted molar refractivity (Wildman–Crippen MR) is 61.3 cm³/mol. The molecule has 88 valence electrons. The van der Waals surface area contributed by atoms with E-state index in [0.29, 0.717) is 10.6 Å². The zero-order valence-electron chi connectivity index (χ0n) is 8.94. The Balaban J connectivity index is 2.43. The molecule has 1 aromatic carbocycles. The maximum absolute atomic E-state index is 11.1. The van der Waals surface area contributed by atoms with Crippen molar-refractivity contribution in [1.29, 1.82) is 0 Å². The smallest absolute Gasteiger partial charge is 0.246 e. The second-order valence-electron chi connectivity index (χ2n) is 3.30. The van der Waals surface area contributed by atoms with Gasteiger partial charge in [0.1, 0.15) is 6.61 Å². The summed E-state index contributed by atoms with van der Waals surface area (Å²) in [5.41, 5.74) is 0.710. The van der Waals surface area contributed by atoms with E-state index in [9.17, 15) is 9.90 Å². The van der Waals surface area contributed by atoms with Crippen LogP contribution in [-0.2, 0) is 9.53 Å². The molecule has 0 fully saturated rings. The average molecular weight is 244 g/mol. The van der Waals surface area contributed by atoms with Crippen molar-refractivity contribution in [3.63, 3.8) is 0 Å². The van der Waals surface area contributed by atoms with Gasteiger partial charge in [-0.05, 0) is 17.7 Å². The second-order valence-corrected chi connectivity index (χ2v) is 3.74. The Bertz CT molecular complexity index is 340. The van der Waals surface area contributed by atoms with E-state index in [4.69, 9.17) is 11.6 Å². The molecule has 0 aromatic heterocycles. The van der Waals surface area contributed by atoms with Crippen LogP contribution >= 0.6 is 11.6 Å². The number of aliphatic hydroxyl groups is 1. The zero-order chi connectivity index (χ0) is 12.0. The number of carbonyl (C=O) groups excluding carboxylic acids is 1. The lowest BCUT2D eigenvalue weighted by Crippen LogP contribution is -2.31. The van der Waals surface area contributed by atoms with Gasteiger partial charge in [0, 0.05) is 18.7 Å². The SMILES string of the molecule is COCC(=O)NCC(O)c1ccc(Cl)cc1. The van der Waals surface area contributed by atoms with E-state index in [1.165, 1.54) is 7.11 Å². The molecular weight excluding hydrogens is 230 g/mol. The minimum Gasteiger partial charge on any atom is -0.387 e. The molecule has 0 aliphatic rings. The fraction of sp³-hybridized carbons (Fsp3) is 0.364. The number of aliphatic hydroxyl groups excluding tert-OH is 1. The third kappa shape index (κ3) is 4.18. The van der Waals surface area contributed by atoms with Crippen molar-refractivity contribution in [3.8, 4) is 0 Å². The second kappa shape index (κ2) is 6.48. The molecule has 1 unspecified atom stereocenters. The van der Waals surface area contributed by atoms with Crippen molar-refractivity contribution >= 4 is 17.5 Å². The van der Waals surface area contributed by atoms with Crippen molar-refractivity contribution < 1.29 is 14.6 Å². The van der Waals surface area contributed by atoms with Crippen LogP contribution in [0.5, 0.6) is 0 Å². The Morgan fingerprint density at radius 1 is 1.50 bits per heavy atom. The third-order valence-corrected chi connectivity index (χ3v) is 2.27. The van der Waals surface area contributed by atoms with Crippen LogP contribution in [0.15, 0.2) is 24.3 Å². The number of rotatable bonds is 5. The Hall–Kier alpha value is -1.10. The number of carbonyl (C=O) groups is 1. The minimum atomic E-state index is -0.738. The van der Waals surface area contributed by atoms with Crippen LogP contribution in [0.3, 0.4) is 0 Å². The first-order chi connectivity index (χ1) is 7.63. The van der Waals surface area contributed by atoms with Crippen LogP contribution in [0.25, 0.3) is 0 Å². The van der Waals surface area contributed by atoms with Gasteiger partial charge in [0.15, 0.2) is 0 Å². The van der Waals surface area contributed by atoms with E-state index in [1.807, 2.05) is 0 Å². The average Bonchev–Trinajstić information content (AvgIpc) is 2.27. The molecule has 1 atom stereocenters. The largest absolute Gasteiger partial charge is 0.387 e. The number of benzene rings is 1. The van der Waals surface area contributed by atoms with Crippen LogP contribution in [0.2, 0.25) is 5.02 Å². The topological polar surface area (TPSA) is 58.6 Å². The molecule has 0 radical (unpaired) electrons. The molecule has 5 heteroatoms. The van der Waals surface area contributed by atoms with Crippen molar-refractivity contribution in [2.45, 2.75) is 6.10 Å². The van der Waals surface area contributed by atoms with E-state index in [1.54, 1.807) is 24.3 Å². The molecule has 2 N–H and O–H groups in total. The normalized spacial score (nSPS) is 12.2. The Morgan fingerprint density at radius 3 is 2.69 bits per heavy atom. The Kier molecular flexibility index (Phi) is 5.25. The lowest BCUT2D eigenvalue weighted by Gasteiger charge is -2.12. The summed E-state index contributed by atoms with van der Waals surface area (Å²) < 4.78 is 4.65. The quantitative estimate of drug-likeness (QED) is 0.815. The molecule has 0 saturated heterocycles. The molecular formula is C11H14ClNO3. The molecule has 1 rings (SSSR count). The summed E-state index contributed by atoms with van der Waals surface area (Å²) in [6, 6.07) is 6.82. The number of ether oxygens (including phenoxy) is 1. The van der Waals surface area contributed by atoms with Crippen LogP contribution < -0.4 is 5.32 Å². The van der Waals surface area contributed by atoms with Crippen LogP contribution in [0, 0.1) is 0 Å². The van der Waals surface area contributed by atoms with Crippen molar-refractivity contribution in [1.82, 2.24) is 5.32 Å². The minimum absolute atomic E-state index is 0.00661. The first-order valence-electron chi connectivity index (χ1n) is 4.82. The monoisotopic (exact) mass is 243 g/mol. The summed E-state index contributed by atoms with van der Waals surface area (Å²) in [4.78, 5) is 11.1. The molecule has 0 heterocycles. The Labute approximate surface area is 99.2 Å². The molecule has 16 heavy (non-hydrogen) atoms. The van der Waals surface area contributed by atoms with Gasteiger partial charge in [0.2, 0.25) is 5.91 Å². The first kappa shape index (κ1) is 13.0. The third-order valence-electron chi connectivity index (χ3n) is 2.02. The highest BCUT2D eigenvalue weighted by Gasteiger charge is 2.08. The van der Waals surface area contributed by atoms with Crippen LogP contribution in [-0.4, -0.2) is 31.3 Å². The van der Waals surface area contributed by atoms with E-state index < -0.39 is 6.10 Å². The van der Waals surface area contributed by atoms with E-state index in [2.05, 4.69) is 10.1 Å². The van der Waals surface area contributed by atoms with E-state index in [-0.39, 0.29) is 19.1 Å². The predicted octanol–water partition coefficient (Wildman–Crippen LogP) is 1.14. The number of hydrogen-bond donors (Lipinski definition) is 2. The summed E-state index contributed by atoms with van der Waals surface area (Å²) in [5, 5.41) is 12.9. The fourth-order valence-corrected chi connectivity index (χ4v) is 1.32. The number of amides is 1. The summed E-state index contributed by atoms with van der Waals surface area (Å²) in [6.07, 6.45) is -0.738. The molecule has 0 aliphatic carbocycles. The molecule has 1 amide bonds. The fourth-order valence-electron chi connectivity index (χ4n) is 1.20. The van der Waals surface area contributed by atoms with Gasteiger partial charge in [-0.25, -0.2) is 0 Å². The van der Waals surface area contributed by atoms with Crippen molar-refractivity contribution in [2.75, 3.05) is 20.3 Å². The molecule has 4 nitrogen and oxygen atoms in total. The number of nitrogens with one attached hydrogen (secondary N) is 1. The number of hydrogen-bond acceptors (Lipinski definition) is 3. The standard InChI is InChI=1S/C11H14ClNO3/c1-16-7-11(15)13-6-10(14)8-2-4-9(12)5-3-8/h2-5,10,14H,6-7H2,1H3,(H,13,15). The van der Waals surface area contributed by atoms with Crippen LogP contribution in [0.4, 0.5) is 0 Å². The van der Waals surface area contributed by atoms with Crippen molar-refractivity contribution in [3.05, 3.63) is 34.9 Å². The maximum atomic E-state index is 11.1. The molecule has 1 aromatic rings. The Morgan fingerprint density at radius 2 is 2.12 bits per heavy atom. The summed E-state index contributed by atoms with van der Waals surface area (Å²) >= 11 is 5.72. The molecule has 0 spiro atoms. The number of methoxy groups -OCH3 is 1. The van der Waals surface area contributed by atoms with Gasteiger partial charge in [0.05, 0.1) is 6.10 Å². The van der Waals surface area contributed by atoms with Gasteiger partial charge in [-0.2, -0.15) is 0 Å². The van der Waals surface area contributed by atoms with Gasteiger partial charge in [-0.1, -0.05) is 23.7 Å². The van der Waals surface area contributed by atoms with Gasteiger partial charge in [-0.15, -0.1) is 0 Å². The lowest BCUT2D eigenvalue weighted by molar-refractivity contribution is -0.125. The van der Waals surface area contributed by atoms with Gasteiger partial charge in [-0.3, -0.25) is 4.79 Å². The summed E-state index contributed by atoms with van der Waals surface area (Å²) in [7, 11) is 1.44. The van der Waals surface area contributed by atoms with Gasteiger partial charge < -0.3 is 15.2 Å². The van der Waals surface area contributed by atoms with E-state index >= 15 is 0 Å². The van der Waals surface area contributed by atoms with Gasteiger partial charge >= 0.3 is 0 Å². The molecule has 0 bridgehead atoms. The first-order valence-corrected chi connectivity index (χ1v) is 5.20. The van der Waals surface area contributed by atoms with Crippen LogP contribution in [0.1, 0.15) is 11.7 Å². The molecule has 0 aliphatic heterocycles. The lowest BCUT2D eigenvalue weighted by atomic mass is 10.1. The van der Waals surface area contributed by atoms with Gasteiger partial charge in [0.25, 0.3) is 0 Å². The summed E-state index contributed by atoms with van der Waals surface area (Å²) in [6.45, 7) is 0.150. The zero-order valence-corrected chi connectivity index (χ0v) is 9.70. The maximum Gasteiger partial charge on any atom is 0.246 e. The highest BCUT2D eigenvalue weighted by atomic mass is 35.5. The van der Waals surface area contributed by atoms with Crippen molar-refractivity contribution in [2.24, 2.45) is 0 Å². The van der Waals surface area contributed by atoms with E-state index in [0.717, 1.165) is 0 Å².